The second-order valence-corrected chi connectivity index (χ2v) is 6.26. The van der Waals surface area contributed by atoms with Crippen LogP contribution < -0.4 is 0 Å². The maximum Gasteiger partial charge on any atom is 0.327 e. The number of rotatable bonds is 10. The zero-order valence-electron chi connectivity index (χ0n) is 14.1. The van der Waals surface area contributed by atoms with E-state index in [1.165, 1.54) is 6.08 Å². The van der Waals surface area contributed by atoms with Crippen molar-refractivity contribution >= 4 is 5.97 Å². The van der Waals surface area contributed by atoms with Crippen LogP contribution in [0.3, 0.4) is 0 Å². The van der Waals surface area contributed by atoms with Gasteiger partial charge >= 0.3 is 5.97 Å². The number of aliphatic hydroxyl groups is 2. The van der Waals surface area contributed by atoms with Crippen LogP contribution in [0.5, 0.6) is 0 Å². The molecule has 1 rings (SSSR count). The first kappa shape index (κ1) is 20.1. The third-order valence-corrected chi connectivity index (χ3v) is 4.05. The van der Waals surface area contributed by atoms with Crippen LogP contribution in [0.25, 0.3) is 0 Å². The fourth-order valence-corrected chi connectivity index (χ4v) is 2.59. The molecular weight excluding hydrogens is 300 g/mol. The van der Waals surface area contributed by atoms with Gasteiger partial charge in [-0.2, -0.15) is 0 Å². The van der Waals surface area contributed by atoms with Gasteiger partial charge in [-0.05, 0) is 33.1 Å². The van der Waals surface area contributed by atoms with Gasteiger partial charge in [-0.25, -0.2) is 4.79 Å². The number of aliphatic carboxylic acids is 1. The third-order valence-electron chi connectivity index (χ3n) is 4.05. The van der Waals surface area contributed by atoms with Gasteiger partial charge < -0.3 is 24.8 Å². The molecule has 23 heavy (non-hydrogen) atoms. The molecule has 1 aliphatic rings. The van der Waals surface area contributed by atoms with Gasteiger partial charge in [-0.15, -0.1) is 0 Å². The van der Waals surface area contributed by atoms with Gasteiger partial charge in [-0.1, -0.05) is 25.3 Å². The van der Waals surface area contributed by atoms with E-state index < -0.39 is 24.5 Å². The molecule has 0 aromatic rings. The molecule has 0 radical (unpaired) electrons. The molecule has 1 aliphatic heterocycles. The van der Waals surface area contributed by atoms with E-state index >= 15 is 0 Å². The van der Waals surface area contributed by atoms with Crippen molar-refractivity contribution in [3.63, 3.8) is 0 Å². The van der Waals surface area contributed by atoms with Crippen molar-refractivity contribution in [2.24, 2.45) is 0 Å². The van der Waals surface area contributed by atoms with E-state index in [-0.39, 0.29) is 18.6 Å². The van der Waals surface area contributed by atoms with Gasteiger partial charge in [0.15, 0.2) is 6.29 Å². The first-order valence-electron chi connectivity index (χ1n) is 8.46. The summed E-state index contributed by atoms with van der Waals surface area (Å²) in [6, 6.07) is 0. The molecule has 5 atom stereocenters. The van der Waals surface area contributed by atoms with Crippen LogP contribution in [0.1, 0.15) is 58.8 Å². The summed E-state index contributed by atoms with van der Waals surface area (Å²) < 4.78 is 11.2. The van der Waals surface area contributed by atoms with Crippen molar-refractivity contribution < 1.29 is 29.6 Å². The first-order chi connectivity index (χ1) is 10.9. The van der Waals surface area contributed by atoms with Crippen LogP contribution in [-0.2, 0) is 14.3 Å². The quantitative estimate of drug-likeness (QED) is 0.420. The molecule has 134 valence electrons. The van der Waals surface area contributed by atoms with E-state index in [0.717, 1.165) is 38.5 Å². The maximum absolute atomic E-state index is 10.3. The normalized spacial score (nSPS) is 29.7. The standard InChI is InChI=1S/C17H30O6/c1-12(9-7-5-3-4-6-8-10-16(20)21)22-17-15(19)11-14(18)13(2)23-17/h8,10,12-15,17-19H,3-7,9,11H2,1-2H3,(H,20,21)/b10-8+. The molecule has 0 aromatic carbocycles. The highest BCUT2D eigenvalue weighted by atomic mass is 16.7. The lowest BCUT2D eigenvalue weighted by molar-refractivity contribution is -0.273. The lowest BCUT2D eigenvalue weighted by Crippen LogP contribution is -2.48. The summed E-state index contributed by atoms with van der Waals surface area (Å²) in [5.74, 6) is -0.898. The van der Waals surface area contributed by atoms with E-state index in [4.69, 9.17) is 14.6 Å². The van der Waals surface area contributed by atoms with Crippen LogP contribution in [0.4, 0.5) is 0 Å². The first-order valence-corrected chi connectivity index (χ1v) is 8.46. The predicted octanol–water partition coefficient (Wildman–Crippen LogP) is 2.23. The Morgan fingerprint density at radius 3 is 2.65 bits per heavy atom. The van der Waals surface area contributed by atoms with E-state index in [9.17, 15) is 15.0 Å². The van der Waals surface area contributed by atoms with Crippen LogP contribution in [-0.4, -0.2) is 52.0 Å². The molecule has 1 saturated heterocycles. The van der Waals surface area contributed by atoms with Gasteiger partial charge in [-0.3, -0.25) is 0 Å². The molecule has 0 amide bonds. The summed E-state index contributed by atoms with van der Waals surface area (Å²) in [7, 11) is 0. The Labute approximate surface area is 138 Å². The number of carboxylic acids is 1. The summed E-state index contributed by atoms with van der Waals surface area (Å²) in [6.45, 7) is 3.73. The lowest BCUT2D eigenvalue weighted by Gasteiger charge is -2.36. The largest absolute Gasteiger partial charge is 0.478 e. The van der Waals surface area contributed by atoms with Crippen molar-refractivity contribution in [2.75, 3.05) is 0 Å². The number of unbranched alkanes of at least 4 members (excludes halogenated alkanes) is 4. The fraction of sp³-hybridized carbons (Fsp3) is 0.824. The van der Waals surface area contributed by atoms with Gasteiger partial charge in [0.2, 0.25) is 0 Å². The number of ether oxygens (including phenoxy) is 2. The predicted molar refractivity (Wildman–Crippen MR) is 86.0 cm³/mol. The Morgan fingerprint density at radius 2 is 1.96 bits per heavy atom. The lowest BCUT2D eigenvalue weighted by atomic mass is 10.0. The number of hydrogen-bond acceptors (Lipinski definition) is 5. The molecule has 0 aromatic heterocycles. The second kappa shape index (κ2) is 10.8. The Morgan fingerprint density at radius 1 is 1.26 bits per heavy atom. The Kier molecular flexibility index (Phi) is 9.40. The fourth-order valence-electron chi connectivity index (χ4n) is 2.59. The minimum Gasteiger partial charge on any atom is -0.478 e. The average Bonchev–Trinajstić information content (AvgIpc) is 2.47. The Hall–Kier alpha value is -0.950. The van der Waals surface area contributed by atoms with E-state index in [2.05, 4.69) is 0 Å². The molecule has 5 unspecified atom stereocenters. The minimum absolute atomic E-state index is 0.0102. The summed E-state index contributed by atoms with van der Waals surface area (Å²) in [5, 5.41) is 28.0. The smallest absolute Gasteiger partial charge is 0.327 e. The minimum atomic E-state index is -0.898. The number of allylic oxidation sites excluding steroid dienone is 1. The molecule has 6 heteroatoms. The Balaban J connectivity index is 2.08. The molecule has 0 aliphatic carbocycles. The van der Waals surface area contributed by atoms with Crippen molar-refractivity contribution in [3.05, 3.63) is 12.2 Å². The number of hydrogen-bond donors (Lipinski definition) is 3. The average molecular weight is 330 g/mol. The molecule has 3 N–H and O–H groups in total. The van der Waals surface area contributed by atoms with Crippen molar-refractivity contribution in [1.29, 1.82) is 0 Å². The monoisotopic (exact) mass is 330 g/mol. The molecule has 6 nitrogen and oxygen atoms in total. The van der Waals surface area contributed by atoms with Crippen LogP contribution in [0, 0.1) is 0 Å². The zero-order valence-corrected chi connectivity index (χ0v) is 14.1. The number of aliphatic hydroxyl groups excluding tert-OH is 2. The highest BCUT2D eigenvalue weighted by molar-refractivity contribution is 5.79. The summed E-state index contributed by atoms with van der Waals surface area (Å²) in [6.07, 6.45) is 6.53. The molecule has 1 heterocycles. The van der Waals surface area contributed by atoms with Gasteiger partial charge in [0.05, 0.1) is 18.3 Å². The van der Waals surface area contributed by atoms with Crippen molar-refractivity contribution in [3.8, 4) is 0 Å². The van der Waals surface area contributed by atoms with Gasteiger partial charge in [0.25, 0.3) is 0 Å². The topological polar surface area (TPSA) is 96.2 Å². The highest BCUT2D eigenvalue weighted by Crippen LogP contribution is 2.23. The summed E-state index contributed by atoms with van der Waals surface area (Å²) >= 11 is 0. The van der Waals surface area contributed by atoms with Gasteiger partial charge in [0, 0.05) is 12.5 Å². The van der Waals surface area contributed by atoms with E-state index in [1.54, 1.807) is 13.0 Å². The second-order valence-electron chi connectivity index (χ2n) is 6.26. The highest BCUT2D eigenvalue weighted by Gasteiger charge is 2.35. The number of carboxylic acid groups (broad SMARTS) is 1. The molecule has 1 fully saturated rings. The Bertz CT molecular complexity index is 370. The number of carbonyl (C=O) groups is 1. The summed E-state index contributed by atoms with van der Waals surface area (Å²) in [4.78, 5) is 10.3. The molecule has 0 saturated carbocycles. The SMILES string of the molecule is CC(CCCCCC/C=C/C(=O)O)OC1OC(C)C(O)CC1O. The van der Waals surface area contributed by atoms with Crippen LogP contribution in [0.15, 0.2) is 12.2 Å². The van der Waals surface area contributed by atoms with Crippen molar-refractivity contribution in [2.45, 2.75) is 89.5 Å². The van der Waals surface area contributed by atoms with Crippen molar-refractivity contribution in [1.82, 2.24) is 0 Å². The van der Waals surface area contributed by atoms with E-state index in [1.807, 2.05) is 6.92 Å². The summed E-state index contributed by atoms with van der Waals surface area (Å²) in [5.41, 5.74) is 0. The van der Waals surface area contributed by atoms with Crippen LogP contribution >= 0.6 is 0 Å². The maximum atomic E-state index is 10.3. The zero-order chi connectivity index (χ0) is 17.2. The molecule has 0 bridgehead atoms. The molecular formula is C17H30O6. The third kappa shape index (κ3) is 8.46. The van der Waals surface area contributed by atoms with Crippen LogP contribution in [0.2, 0.25) is 0 Å². The van der Waals surface area contributed by atoms with E-state index in [0.29, 0.717) is 0 Å². The van der Waals surface area contributed by atoms with Gasteiger partial charge in [0.1, 0.15) is 6.10 Å². The molecule has 0 spiro atoms.